The van der Waals surface area contributed by atoms with Crippen LogP contribution >= 0.6 is 11.6 Å². The Morgan fingerprint density at radius 3 is 3.00 bits per heavy atom. The first-order valence-electron chi connectivity index (χ1n) is 5.04. The van der Waals surface area contributed by atoms with Crippen molar-refractivity contribution in [2.75, 3.05) is 6.54 Å². The number of halogens is 1. The van der Waals surface area contributed by atoms with Gasteiger partial charge in [0.1, 0.15) is 0 Å². The SMILES string of the molecule is Cn1nc(CCCN)c2c(Cl)cccc21. The highest BCUT2D eigenvalue weighted by atomic mass is 35.5. The Hall–Kier alpha value is -1.06. The lowest BCUT2D eigenvalue weighted by atomic mass is 10.1. The van der Waals surface area contributed by atoms with Crippen molar-refractivity contribution in [3.05, 3.63) is 28.9 Å². The van der Waals surface area contributed by atoms with E-state index in [2.05, 4.69) is 5.10 Å². The van der Waals surface area contributed by atoms with Crippen LogP contribution in [0.25, 0.3) is 10.9 Å². The van der Waals surface area contributed by atoms with Gasteiger partial charge in [-0.3, -0.25) is 4.68 Å². The van der Waals surface area contributed by atoms with Crippen molar-refractivity contribution >= 4 is 22.5 Å². The molecule has 1 aromatic carbocycles. The number of benzene rings is 1. The van der Waals surface area contributed by atoms with Crippen LogP contribution in [0.15, 0.2) is 18.2 Å². The van der Waals surface area contributed by atoms with Crippen LogP contribution in [0.2, 0.25) is 5.02 Å². The molecule has 0 aliphatic carbocycles. The van der Waals surface area contributed by atoms with E-state index < -0.39 is 0 Å². The third-order valence-electron chi connectivity index (χ3n) is 2.52. The van der Waals surface area contributed by atoms with E-state index in [1.54, 1.807) is 0 Å². The molecule has 2 rings (SSSR count). The van der Waals surface area contributed by atoms with Crippen LogP contribution in [-0.2, 0) is 13.5 Å². The van der Waals surface area contributed by atoms with Crippen LogP contribution in [0.3, 0.4) is 0 Å². The number of nitrogens with zero attached hydrogens (tertiary/aromatic N) is 2. The van der Waals surface area contributed by atoms with E-state index in [0.717, 1.165) is 34.5 Å². The minimum Gasteiger partial charge on any atom is -0.330 e. The van der Waals surface area contributed by atoms with Crippen molar-refractivity contribution in [3.8, 4) is 0 Å². The summed E-state index contributed by atoms with van der Waals surface area (Å²) in [6, 6.07) is 5.87. The average Bonchev–Trinajstić information content (AvgIpc) is 2.55. The highest BCUT2D eigenvalue weighted by Crippen LogP contribution is 2.26. The van der Waals surface area contributed by atoms with Gasteiger partial charge in [-0.1, -0.05) is 17.7 Å². The Labute approximate surface area is 93.8 Å². The Kier molecular flexibility index (Phi) is 2.93. The fraction of sp³-hybridized carbons (Fsp3) is 0.364. The summed E-state index contributed by atoms with van der Waals surface area (Å²) in [4.78, 5) is 0. The van der Waals surface area contributed by atoms with Crippen molar-refractivity contribution in [3.63, 3.8) is 0 Å². The fourth-order valence-corrected chi connectivity index (χ4v) is 2.08. The van der Waals surface area contributed by atoms with Gasteiger partial charge in [-0.15, -0.1) is 0 Å². The predicted molar refractivity (Wildman–Crippen MR) is 63.1 cm³/mol. The summed E-state index contributed by atoms with van der Waals surface area (Å²) in [6.45, 7) is 0.683. The normalized spacial score (nSPS) is 11.1. The highest BCUT2D eigenvalue weighted by Gasteiger charge is 2.10. The zero-order valence-corrected chi connectivity index (χ0v) is 9.46. The monoisotopic (exact) mass is 223 g/mol. The van der Waals surface area contributed by atoms with Crippen molar-refractivity contribution in [1.29, 1.82) is 0 Å². The summed E-state index contributed by atoms with van der Waals surface area (Å²) in [6.07, 6.45) is 1.83. The highest BCUT2D eigenvalue weighted by molar-refractivity contribution is 6.35. The summed E-state index contributed by atoms with van der Waals surface area (Å²) < 4.78 is 1.87. The van der Waals surface area contributed by atoms with Gasteiger partial charge in [-0.05, 0) is 31.5 Å². The number of rotatable bonds is 3. The van der Waals surface area contributed by atoms with Crippen LogP contribution < -0.4 is 5.73 Å². The Morgan fingerprint density at radius 2 is 2.27 bits per heavy atom. The first-order valence-corrected chi connectivity index (χ1v) is 5.42. The van der Waals surface area contributed by atoms with Gasteiger partial charge in [0.25, 0.3) is 0 Å². The summed E-state index contributed by atoms with van der Waals surface area (Å²) in [5, 5.41) is 6.30. The van der Waals surface area contributed by atoms with Crippen LogP contribution in [0.4, 0.5) is 0 Å². The van der Waals surface area contributed by atoms with Gasteiger partial charge in [0.15, 0.2) is 0 Å². The Morgan fingerprint density at radius 1 is 1.47 bits per heavy atom. The lowest BCUT2D eigenvalue weighted by Crippen LogP contribution is -2.01. The van der Waals surface area contributed by atoms with E-state index in [-0.39, 0.29) is 0 Å². The maximum atomic E-state index is 6.17. The smallest absolute Gasteiger partial charge is 0.0718 e. The molecular formula is C11H14ClN3. The number of hydrogen-bond acceptors (Lipinski definition) is 2. The zero-order valence-electron chi connectivity index (χ0n) is 8.70. The van der Waals surface area contributed by atoms with Gasteiger partial charge in [-0.2, -0.15) is 5.10 Å². The molecule has 0 aliphatic heterocycles. The number of aromatic nitrogens is 2. The second-order valence-electron chi connectivity index (χ2n) is 3.60. The van der Waals surface area contributed by atoms with Gasteiger partial charge in [0.05, 0.1) is 16.2 Å². The third kappa shape index (κ3) is 1.85. The molecule has 0 saturated carbocycles. The van der Waals surface area contributed by atoms with Crippen LogP contribution in [0, 0.1) is 0 Å². The van der Waals surface area contributed by atoms with E-state index in [1.807, 2.05) is 29.9 Å². The van der Waals surface area contributed by atoms with E-state index in [9.17, 15) is 0 Å². The van der Waals surface area contributed by atoms with E-state index in [1.165, 1.54) is 0 Å². The predicted octanol–water partition coefficient (Wildman–Crippen LogP) is 2.12. The first-order chi connectivity index (χ1) is 7.24. The van der Waals surface area contributed by atoms with Crippen LogP contribution in [0.1, 0.15) is 12.1 Å². The quantitative estimate of drug-likeness (QED) is 0.866. The molecule has 0 amide bonds. The second-order valence-corrected chi connectivity index (χ2v) is 4.00. The molecule has 15 heavy (non-hydrogen) atoms. The lowest BCUT2D eigenvalue weighted by molar-refractivity contribution is 0.739. The van der Waals surface area contributed by atoms with Gasteiger partial charge >= 0.3 is 0 Å². The minimum absolute atomic E-state index is 0.683. The van der Waals surface area contributed by atoms with E-state index in [4.69, 9.17) is 17.3 Å². The maximum absolute atomic E-state index is 6.17. The molecule has 3 nitrogen and oxygen atoms in total. The molecule has 2 N–H and O–H groups in total. The molecule has 1 heterocycles. The molecule has 0 radical (unpaired) electrons. The van der Waals surface area contributed by atoms with Crippen molar-refractivity contribution < 1.29 is 0 Å². The van der Waals surface area contributed by atoms with E-state index in [0.29, 0.717) is 6.54 Å². The molecule has 0 fully saturated rings. The zero-order chi connectivity index (χ0) is 10.8. The summed E-state index contributed by atoms with van der Waals surface area (Å²) >= 11 is 6.17. The summed E-state index contributed by atoms with van der Waals surface area (Å²) in [5.41, 5.74) is 7.62. The molecule has 4 heteroatoms. The molecule has 0 aliphatic rings. The molecule has 0 saturated heterocycles. The van der Waals surface area contributed by atoms with Crippen LogP contribution in [0.5, 0.6) is 0 Å². The van der Waals surface area contributed by atoms with Gasteiger partial charge in [0.2, 0.25) is 0 Å². The molecule has 0 unspecified atom stereocenters. The third-order valence-corrected chi connectivity index (χ3v) is 2.83. The van der Waals surface area contributed by atoms with Crippen molar-refractivity contribution in [2.45, 2.75) is 12.8 Å². The number of fused-ring (bicyclic) bond motifs is 1. The standard InChI is InChI=1S/C11H14ClN3/c1-15-10-6-2-4-8(12)11(10)9(14-15)5-3-7-13/h2,4,6H,3,5,7,13H2,1H3. The average molecular weight is 224 g/mol. The lowest BCUT2D eigenvalue weighted by Gasteiger charge is -1.97. The molecule has 0 atom stereocenters. The second kappa shape index (κ2) is 4.21. The van der Waals surface area contributed by atoms with Crippen molar-refractivity contribution in [1.82, 2.24) is 9.78 Å². The number of nitrogens with two attached hydrogens (primary N) is 1. The molecule has 0 bridgehead atoms. The molecule has 1 aromatic heterocycles. The fourth-order valence-electron chi connectivity index (χ4n) is 1.80. The molecule has 0 spiro atoms. The number of hydrogen-bond donors (Lipinski definition) is 1. The van der Waals surface area contributed by atoms with Crippen molar-refractivity contribution in [2.24, 2.45) is 12.8 Å². The van der Waals surface area contributed by atoms with Gasteiger partial charge < -0.3 is 5.73 Å². The summed E-state index contributed by atoms with van der Waals surface area (Å²) in [7, 11) is 1.94. The number of aryl methyl sites for hydroxylation is 2. The first kappa shape index (κ1) is 10.5. The largest absolute Gasteiger partial charge is 0.330 e. The molecule has 2 aromatic rings. The Balaban J connectivity index is 2.54. The molecule has 80 valence electrons. The molecular weight excluding hydrogens is 210 g/mol. The summed E-state index contributed by atoms with van der Waals surface area (Å²) in [5.74, 6) is 0. The van der Waals surface area contributed by atoms with Crippen LogP contribution in [-0.4, -0.2) is 16.3 Å². The maximum Gasteiger partial charge on any atom is 0.0718 e. The van der Waals surface area contributed by atoms with E-state index >= 15 is 0 Å². The van der Waals surface area contributed by atoms with Gasteiger partial charge in [-0.25, -0.2) is 0 Å². The van der Waals surface area contributed by atoms with Gasteiger partial charge in [0, 0.05) is 12.4 Å². The minimum atomic E-state index is 0.683. The Bertz CT molecular complexity index is 476. The topological polar surface area (TPSA) is 43.8 Å².